The number of carboxylic acid groups (broad SMARTS) is 2. The summed E-state index contributed by atoms with van der Waals surface area (Å²) >= 11 is 2.41. The van der Waals surface area contributed by atoms with Crippen molar-refractivity contribution in [3.05, 3.63) is 88.5 Å². The number of pyridine rings is 1. The van der Waals surface area contributed by atoms with E-state index in [0.717, 1.165) is 59.3 Å². The van der Waals surface area contributed by atoms with Crippen LogP contribution in [0.15, 0.2) is 81.8 Å². The Kier molecular flexibility index (Phi) is 11.0. The Bertz CT molecular complexity index is 2290. The zero-order valence-electron chi connectivity index (χ0n) is 30.7. The van der Waals surface area contributed by atoms with Crippen LogP contribution < -0.4 is 26.5 Å². The normalized spacial score (nSPS) is 20.5. The highest BCUT2D eigenvalue weighted by molar-refractivity contribution is 8.00. The van der Waals surface area contributed by atoms with Crippen LogP contribution in [0.3, 0.4) is 0 Å². The highest BCUT2D eigenvalue weighted by atomic mass is 32.2. The number of thioether (sulfide) groups is 1. The molecule has 1 aromatic carbocycles. The molecule has 2 fully saturated rings. The monoisotopic (exact) mass is 799 g/mol. The first-order valence-corrected chi connectivity index (χ1v) is 20.0. The molecule has 3 aliphatic rings. The number of carbonyl (C=O) groups is 4. The van der Waals surface area contributed by atoms with E-state index in [9.17, 15) is 29.4 Å². The number of aliphatic carboxylic acids is 2. The Labute approximate surface area is 329 Å². The zero-order chi connectivity index (χ0) is 39.7. The number of hydrogen-bond acceptors (Lipinski definition) is 13. The highest BCUT2D eigenvalue weighted by Crippen LogP contribution is 2.45. The lowest BCUT2D eigenvalue weighted by Crippen LogP contribution is -2.63. The number of aromatic nitrogens is 3. The van der Waals surface area contributed by atoms with E-state index in [-0.39, 0.29) is 47.0 Å². The van der Waals surface area contributed by atoms with Crippen LogP contribution in [-0.4, -0.2) is 90.6 Å². The molecule has 6 heterocycles. The Morgan fingerprint density at radius 2 is 1.98 bits per heavy atom. The minimum absolute atomic E-state index is 0.0776. The van der Waals surface area contributed by atoms with Crippen molar-refractivity contribution in [1.29, 1.82) is 0 Å². The SMILES string of the molecule is CC(C)(O/N=C(\C(=O)C[C@@H]1C(=O)N2C(C(=O)[O-])=C(C[n+]3ccc4c(ccn4Cc4ccc(C(N)=NC5CCCNC5)cc4)c3)CS[C@H]12)c1csc(N)n1)C(=O)O. The molecule has 3 aliphatic heterocycles. The number of Topliss-reactive ketones (excluding diaryl/α,β-unsaturated/α-hetero) is 1. The van der Waals surface area contributed by atoms with Crippen molar-refractivity contribution in [2.75, 3.05) is 24.6 Å². The van der Waals surface area contributed by atoms with Gasteiger partial charge < -0.3 is 41.2 Å². The quantitative estimate of drug-likeness (QED) is 0.0464. The van der Waals surface area contributed by atoms with Gasteiger partial charge in [0, 0.05) is 54.0 Å². The summed E-state index contributed by atoms with van der Waals surface area (Å²) in [5.41, 5.74) is 13.4. The standard InChI is InChI=1S/C38H41N9O7S2/c1-38(2,36(52)53)54-44-30(27-20-56-37(40)43-27)29(48)14-26-33(49)47-31(35(50)51)24(19-55-34(26)47)18-45-12-10-28-23(17-45)9-13-46(28)16-21-5-7-22(8-6-21)32(39)42-25-4-3-11-41-15-25/h5-10,12-13,17,20,25-26,34,41H,3-4,11,14-16,18-19H2,1-2H3,(H5-,39,40,42,43,50,51,52,53)/b44-30-/t25?,26-,34-/m1/s1. The molecule has 3 atom stereocenters. The first kappa shape index (κ1) is 38.7. The maximum absolute atomic E-state index is 13.5. The van der Waals surface area contributed by atoms with Crippen molar-refractivity contribution in [1.82, 2.24) is 19.8 Å². The molecule has 0 radical (unpaired) electrons. The van der Waals surface area contributed by atoms with E-state index >= 15 is 0 Å². The number of rotatable bonds is 14. The molecule has 4 aromatic rings. The van der Waals surface area contributed by atoms with Gasteiger partial charge in [-0.1, -0.05) is 29.4 Å². The van der Waals surface area contributed by atoms with Gasteiger partial charge in [0.15, 0.2) is 35.6 Å². The number of β-lactam (4-membered cyclic amide) rings is 1. The van der Waals surface area contributed by atoms with Crippen molar-refractivity contribution in [3.63, 3.8) is 0 Å². The maximum atomic E-state index is 13.5. The largest absolute Gasteiger partial charge is 0.543 e. The molecule has 1 amide bonds. The van der Waals surface area contributed by atoms with Crippen molar-refractivity contribution < 1.29 is 38.8 Å². The Hall–Kier alpha value is -5.59. The lowest BCUT2D eigenvalue weighted by atomic mass is 9.89. The van der Waals surface area contributed by atoms with Gasteiger partial charge in [0.05, 0.1) is 39.9 Å². The minimum atomic E-state index is -1.75. The average molecular weight is 800 g/mol. The van der Waals surface area contributed by atoms with E-state index in [0.29, 0.717) is 18.0 Å². The number of carboxylic acids is 2. The Morgan fingerprint density at radius 3 is 2.66 bits per heavy atom. The lowest BCUT2D eigenvalue weighted by Gasteiger charge is -2.50. The fraction of sp³-hybridized carbons (Fsp3) is 0.368. The molecule has 7 rings (SSSR count). The summed E-state index contributed by atoms with van der Waals surface area (Å²) < 4.78 is 4.00. The maximum Gasteiger partial charge on any atom is 0.350 e. The number of nitrogen functional groups attached to an aromatic ring is 1. The average Bonchev–Trinajstić information content (AvgIpc) is 3.79. The summed E-state index contributed by atoms with van der Waals surface area (Å²) in [6.07, 6.45) is 7.60. The number of nitrogens with zero attached hydrogens (tertiary/aromatic N) is 6. The van der Waals surface area contributed by atoms with Gasteiger partial charge in [-0.3, -0.25) is 19.5 Å². The van der Waals surface area contributed by atoms with Crippen LogP contribution in [0, 0.1) is 5.92 Å². The molecule has 0 aliphatic carbocycles. The predicted octanol–water partition coefficient (Wildman–Crippen LogP) is 1.25. The van der Waals surface area contributed by atoms with E-state index in [1.54, 1.807) is 0 Å². The smallest absolute Gasteiger partial charge is 0.350 e. The fourth-order valence-corrected chi connectivity index (χ4v) is 8.85. The number of amidine groups is 1. The summed E-state index contributed by atoms with van der Waals surface area (Å²) in [6, 6.07) is 12.2. The number of ketones is 1. The minimum Gasteiger partial charge on any atom is -0.543 e. The molecule has 0 spiro atoms. The molecule has 16 nitrogen and oxygen atoms in total. The van der Waals surface area contributed by atoms with Crippen LogP contribution >= 0.6 is 23.1 Å². The summed E-state index contributed by atoms with van der Waals surface area (Å²) in [5.74, 6) is -3.99. The molecule has 3 aromatic heterocycles. The Balaban J connectivity index is 1.03. The third kappa shape index (κ3) is 8.03. The number of benzene rings is 1. The van der Waals surface area contributed by atoms with Crippen molar-refractivity contribution in [3.8, 4) is 0 Å². The molecule has 292 valence electrons. The number of aliphatic imine (C=N–C) groups is 1. The van der Waals surface area contributed by atoms with Gasteiger partial charge in [0.25, 0.3) is 0 Å². The number of nitrogens with two attached hydrogens (primary N) is 2. The third-order valence-corrected chi connectivity index (χ3v) is 12.1. The molecule has 18 heteroatoms. The second-order valence-electron chi connectivity index (χ2n) is 14.4. The van der Waals surface area contributed by atoms with Crippen LogP contribution in [0.2, 0.25) is 0 Å². The number of nitrogens with one attached hydrogen (secondary N) is 1. The summed E-state index contributed by atoms with van der Waals surface area (Å²) in [4.78, 5) is 66.3. The van der Waals surface area contributed by atoms with Gasteiger partial charge in [-0.2, -0.15) is 0 Å². The molecular formula is C38H41N9O7S2. The summed E-state index contributed by atoms with van der Waals surface area (Å²) in [5, 5.41) is 31.1. The number of hydrogen-bond donors (Lipinski definition) is 4. The number of oxime groups is 1. The van der Waals surface area contributed by atoms with Crippen molar-refractivity contribution >= 4 is 74.3 Å². The van der Waals surface area contributed by atoms with E-state index < -0.39 is 40.5 Å². The fourth-order valence-electron chi connectivity index (χ4n) is 6.90. The number of thiazole rings is 1. The molecule has 0 bridgehead atoms. The Morgan fingerprint density at radius 1 is 1.20 bits per heavy atom. The van der Waals surface area contributed by atoms with Crippen LogP contribution in [0.1, 0.15) is 49.9 Å². The van der Waals surface area contributed by atoms with Gasteiger partial charge >= 0.3 is 5.97 Å². The summed E-state index contributed by atoms with van der Waals surface area (Å²) in [7, 11) is 0. The number of anilines is 1. The van der Waals surface area contributed by atoms with Gasteiger partial charge in [-0.25, -0.2) is 14.3 Å². The van der Waals surface area contributed by atoms with E-state index in [1.807, 2.05) is 59.6 Å². The number of amides is 1. The molecule has 2 saturated heterocycles. The van der Waals surface area contributed by atoms with E-state index in [1.165, 1.54) is 35.9 Å². The summed E-state index contributed by atoms with van der Waals surface area (Å²) in [6.45, 7) is 5.24. The lowest BCUT2D eigenvalue weighted by molar-refractivity contribution is -0.687. The van der Waals surface area contributed by atoms with Crippen LogP contribution in [0.25, 0.3) is 10.9 Å². The first-order chi connectivity index (χ1) is 26.8. The number of piperidine rings is 1. The van der Waals surface area contributed by atoms with Crippen LogP contribution in [0.4, 0.5) is 5.13 Å². The van der Waals surface area contributed by atoms with Gasteiger partial charge in [-0.15, -0.1) is 23.1 Å². The van der Waals surface area contributed by atoms with Crippen molar-refractivity contribution in [2.45, 2.75) is 63.2 Å². The molecule has 0 saturated carbocycles. The third-order valence-electron chi connectivity index (χ3n) is 10.0. The second kappa shape index (κ2) is 15.9. The zero-order valence-corrected chi connectivity index (χ0v) is 32.3. The number of carbonyl (C=O) groups excluding carboxylic acids is 3. The van der Waals surface area contributed by atoms with Crippen LogP contribution in [-0.2, 0) is 37.1 Å². The van der Waals surface area contributed by atoms with Gasteiger partial charge in [-0.05, 0) is 44.9 Å². The van der Waals surface area contributed by atoms with Gasteiger partial charge in [0.1, 0.15) is 11.5 Å². The molecule has 1 unspecified atom stereocenters. The predicted molar refractivity (Wildman–Crippen MR) is 208 cm³/mol. The van der Waals surface area contributed by atoms with E-state index in [4.69, 9.17) is 21.3 Å². The second-order valence-corrected chi connectivity index (χ2v) is 16.4. The van der Waals surface area contributed by atoms with Crippen LogP contribution in [0.5, 0.6) is 0 Å². The van der Waals surface area contributed by atoms with Crippen molar-refractivity contribution in [2.24, 2.45) is 21.8 Å². The van der Waals surface area contributed by atoms with Gasteiger partial charge in [0.2, 0.25) is 11.5 Å². The van der Waals surface area contributed by atoms with E-state index in [2.05, 4.69) is 20.0 Å². The molecular weight excluding hydrogens is 759 g/mol. The molecule has 56 heavy (non-hydrogen) atoms. The first-order valence-electron chi connectivity index (χ1n) is 18.0. The topological polar surface area (TPSA) is 235 Å². The number of fused-ring (bicyclic) bond motifs is 2. The molecule has 6 N–H and O–H groups in total. The highest BCUT2D eigenvalue weighted by Gasteiger charge is 2.53.